The topological polar surface area (TPSA) is 108 Å². The van der Waals surface area contributed by atoms with Crippen LogP contribution in [-0.2, 0) is 4.79 Å². The highest BCUT2D eigenvalue weighted by Crippen LogP contribution is 2.54. The smallest absolute Gasteiger partial charge is 0.339 e. The highest BCUT2D eigenvalue weighted by molar-refractivity contribution is 6.30. The first-order valence-corrected chi connectivity index (χ1v) is 10.4. The van der Waals surface area contributed by atoms with Crippen LogP contribution in [0, 0.1) is 0 Å². The summed E-state index contributed by atoms with van der Waals surface area (Å²) in [4.78, 5) is 24.7. The number of carbonyl (C=O) groups is 2. The zero-order valence-corrected chi connectivity index (χ0v) is 18.4. The van der Waals surface area contributed by atoms with Crippen LogP contribution in [0.25, 0.3) is 5.69 Å². The van der Waals surface area contributed by atoms with Crippen molar-refractivity contribution in [1.82, 2.24) is 4.57 Å². The first-order chi connectivity index (χ1) is 15.9. The van der Waals surface area contributed by atoms with E-state index < -0.39 is 11.9 Å². The maximum absolute atomic E-state index is 12.7. The standard InChI is InChI=1S/C23H19ClN2O7/c1-30-16-7-14(20(31-2)22-21(16)32-10-33-22)13-8-17(27)25-18-15(23(28)29)9-26(19(13)18)12-5-3-4-11(24)6-12/h3-7,9,13H,8,10H2,1-2H3,(H,25,27)(H,28,29)/t13-/m0/s1. The van der Waals surface area contributed by atoms with E-state index >= 15 is 0 Å². The predicted octanol–water partition coefficient (Wildman–Crippen LogP) is 4.05. The molecule has 1 aromatic heterocycles. The number of fused-ring (bicyclic) bond motifs is 2. The Morgan fingerprint density at radius 3 is 2.70 bits per heavy atom. The number of carbonyl (C=O) groups excluding carboxylic acids is 1. The normalized spacial score (nSPS) is 16.2. The Morgan fingerprint density at radius 1 is 1.21 bits per heavy atom. The second-order valence-corrected chi connectivity index (χ2v) is 7.97. The molecule has 9 nitrogen and oxygen atoms in total. The molecular weight excluding hydrogens is 452 g/mol. The number of hydrogen-bond acceptors (Lipinski definition) is 6. The molecule has 0 spiro atoms. The van der Waals surface area contributed by atoms with Gasteiger partial charge in [-0.3, -0.25) is 4.79 Å². The molecule has 0 saturated heterocycles. The number of hydrogen-bond donors (Lipinski definition) is 2. The summed E-state index contributed by atoms with van der Waals surface area (Å²) in [5.41, 5.74) is 2.03. The van der Waals surface area contributed by atoms with Gasteiger partial charge in [-0.1, -0.05) is 17.7 Å². The lowest BCUT2D eigenvalue weighted by Crippen LogP contribution is -2.26. The van der Waals surface area contributed by atoms with Crippen molar-refractivity contribution in [3.05, 3.63) is 58.4 Å². The minimum absolute atomic E-state index is 0.00393. The van der Waals surface area contributed by atoms with Gasteiger partial charge in [0.25, 0.3) is 0 Å². The number of methoxy groups -OCH3 is 2. The molecule has 3 heterocycles. The molecule has 1 amide bonds. The van der Waals surface area contributed by atoms with E-state index in [9.17, 15) is 14.7 Å². The Balaban J connectivity index is 1.80. The van der Waals surface area contributed by atoms with Crippen LogP contribution >= 0.6 is 11.6 Å². The molecule has 2 aromatic carbocycles. The fraction of sp³-hybridized carbons (Fsp3) is 0.217. The number of halogens is 1. The third-order valence-corrected chi connectivity index (χ3v) is 5.97. The Bertz CT molecular complexity index is 1300. The number of amides is 1. The summed E-state index contributed by atoms with van der Waals surface area (Å²) < 4.78 is 24.1. The van der Waals surface area contributed by atoms with E-state index in [1.807, 2.05) is 6.07 Å². The Kier molecular flexibility index (Phi) is 5.05. The Labute approximate surface area is 193 Å². The highest BCUT2D eigenvalue weighted by Gasteiger charge is 2.38. The lowest BCUT2D eigenvalue weighted by atomic mass is 9.87. The average molecular weight is 471 g/mol. The van der Waals surface area contributed by atoms with E-state index in [-0.39, 0.29) is 30.4 Å². The second-order valence-electron chi connectivity index (χ2n) is 7.53. The molecule has 2 aliphatic heterocycles. The minimum atomic E-state index is -1.16. The molecule has 0 fully saturated rings. The van der Waals surface area contributed by atoms with E-state index in [4.69, 9.17) is 30.5 Å². The van der Waals surface area contributed by atoms with Crippen molar-refractivity contribution in [3.8, 4) is 28.7 Å². The molecule has 0 unspecified atom stereocenters. The van der Waals surface area contributed by atoms with Gasteiger partial charge in [0.15, 0.2) is 11.5 Å². The Hall–Kier alpha value is -3.85. The minimum Gasteiger partial charge on any atom is -0.493 e. The molecule has 5 rings (SSSR count). The van der Waals surface area contributed by atoms with E-state index in [1.54, 1.807) is 28.8 Å². The number of ether oxygens (including phenoxy) is 4. The van der Waals surface area contributed by atoms with Gasteiger partial charge < -0.3 is 33.9 Å². The fourth-order valence-corrected chi connectivity index (χ4v) is 4.57. The summed E-state index contributed by atoms with van der Waals surface area (Å²) in [6, 6.07) is 8.76. The summed E-state index contributed by atoms with van der Waals surface area (Å²) in [7, 11) is 3.00. The third-order valence-electron chi connectivity index (χ3n) is 5.74. The number of anilines is 1. The molecule has 0 bridgehead atoms. The van der Waals surface area contributed by atoms with Gasteiger partial charge in [-0.2, -0.15) is 0 Å². The van der Waals surface area contributed by atoms with E-state index in [0.717, 1.165) is 0 Å². The zero-order chi connectivity index (χ0) is 23.3. The number of rotatable bonds is 5. The van der Waals surface area contributed by atoms with Crippen LogP contribution < -0.4 is 24.3 Å². The summed E-state index contributed by atoms with van der Waals surface area (Å²) in [5, 5.41) is 13.1. The SMILES string of the molecule is COc1cc([C@@H]2CC(=O)Nc3c(C(=O)O)cn(-c4cccc(Cl)c4)c32)c(OC)c2c1OCO2. The molecule has 0 saturated carbocycles. The average Bonchev–Trinajstić information content (AvgIpc) is 3.43. The summed E-state index contributed by atoms with van der Waals surface area (Å²) >= 11 is 6.21. The summed E-state index contributed by atoms with van der Waals surface area (Å²) in [6.07, 6.45) is 1.53. The molecule has 0 aliphatic carbocycles. The molecule has 1 atom stereocenters. The van der Waals surface area contributed by atoms with Gasteiger partial charge in [0.2, 0.25) is 24.2 Å². The summed E-state index contributed by atoms with van der Waals surface area (Å²) in [6.45, 7) is 0.00393. The van der Waals surface area contributed by atoms with Crippen molar-refractivity contribution < 1.29 is 33.6 Å². The lowest BCUT2D eigenvalue weighted by Gasteiger charge is -2.28. The number of nitrogens with zero attached hydrogens (tertiary/aromatic N) is 1. The number of nitrogens with one attached hydrogen (secondary N) is 1. The molecule has 2 aliphatic rings. The van der Waals surface area contributed by atoms with Crippen molar-refractivity contribution in [2.75, 3.05) is 26.3 Å². The van der Waals surface area contributed by atoms with Crippen LogP contribution in [-0.4, -0.2) is 42.6 Å². The van der Waals surface area contributed by atoms with Gasteiger partial charge in [-0.25, -0.2) is 4.79 Å². The quantitative estimate of drug-likeness (QED) is 0.579. The highest BCUT2D eigenvalue weighted by atomic mass is 35.5. The largest absolute Gasteiger partial charge is 0.493 e. The van der Waals surface area contributed by atoms with Crippen LogP contribution in [0.4, 0.5) is 5.69 Å². The first kappa shape index (κ1) is 21.0. The van der Waals surface area contributed by atoms with Crippen LogP contribution in [0.5, 0.6) is 23.0 Å². The second kappa shape index (κ2) is 7.93. The lowest BCUT2D eigenvalue weighted by molar-refractivity contribution is -0.116. The van der Waals surface area contributed by atoms with Gasteiger partial charge in [0.05, 0.1) is 25.6 Å². The van der Waals surface area contributed by atoms with Crippen LogP contribution in [0.2, 0.25) is 5.02 Å². The molecular formula is C23H19ClN2O7. The molecule has 3 aromatic rings. The fourth-order valence-electron chi connectivity index (χ4n) is 4.38. The Morgan fingerprint density at radius 2 is 2.00 bits per heavy atom. The van der Waals surface area contributed by atoms with Crippen LogP contribution in [0.15, 0.2) is 36.5 Å². The van der Waals surface area contributed by atoms with Gasteiger partial charge in [-0.05, 0) is 24.3 Å². The van der Waals surface area contributed by atoms with Crippen molar-refractivity contribution >= 4 is 29.2 Å². The van der Waals surface area contributed by atoms with Crippen molar-refractivity contribution in [1.29, 1.82) is 0 Å². The molecule has 2 N–H and O–H groups in total. The number of benzene rings is 2. The molecule has 170 valence electrons. The summed E-state index contributed by atoms with van der Waals surface area (Å²) in [5.74, 6) is -0.455. The van der Waals surface area contributed by atoms with Crippen molar-refractivity contribution in [2.45, 2.75) is 12.3 Å². The van der Waals surface area contributed by atoms with E-state index in [1.165, 1.54) is 20.4 Å². The van der Waals surface area contributed by atoms with Crippen LogP contribution in [0.1, 0.15) is 34.0 Å². The van der Waals surface area contributed by atoms with E-state index in [0.29, 0.717) is 45.0 Å². The monoisotopic (exact) mass is 470 g/mol. The third kappa shape index (κ3) is 3.32. The van der Waals surface area contributed by atoms with Crippen LogP contribution in [0.3, 0.4) is 0 Å². The van der Waals surface area contributed by atoms with Crippen molar-refractivity contribution in [2.24, 2.45) is 0 Å². The van der Waals surface area contributed by atoms with Crippen molar-refractivity contribution in [3.63, 3.8) is 0 Å². The molecule has 0 radical (unpaired) electrons. The van der Waals surface area contributed by atoms with Gasteiger partial charge in [-0.15, -0.1) is 0 Å². The van der Waals surface area contributed by atoms with Gasteiger partial charge in [0.1, 0.15) is 5.56 Å². The molecule has 10 heteroatoms. The first-order valence-electron chi connectivity index (χ1n) is 10.0. The number of aromatic nitrogens is 1. The number of carboxylic acid groups (broad SMARTS) is 1. The predicted molar refractivity (Wildman–Crippen MR) is 118 cm³/mol. The maximum atomic E-state index is 12.7. The zero-order valence-electron chi connectivity index (χ0n) is 17.7. The van der Waals surface area contributed by atoms with Gasteiger partial charge >= 0.3 is 5.97 Å². The molecule has 33 heavy (non-hydrogen) atoms. The van der Waals surface area contributed by atoms with Gasteiger partial charge in [0, 0.05) is 34.8 Å². The number of aromatic carboxylic acids is 1. The van der Waals surface area contributed by atoms with E-state index in [2.05, 4.69) is 5.32 Å². The number of carboxylic acids is 1. The maximum Gasteiger partial charge on any atom is 0.339 e.